The van der Waals surface area contributed by atoms with Gasteiger partial charge in [0, 0.05) is 24.7 Å². The highest BCUT2D eigenvalue weighted by Gasteiger charge is 2.35. The third-order valence-electron chi connectivity index (χ3n) is 3.51. The van der Waals surface area contributed by atoms with Crippen molar-refractivity contribution in [3.05, 3.63) is 28.8 Å². The van der Waals surface area contributed by atoms with Gasteiger partial charge in [0.15, 0.2) is 0 Å². The molecule has 21 heavy (non-hydrogen) atoms. The molecule has 1 heterocycles. The lowest BCUT2D eigenvalue weighted by atomic mass is 10.1. The number of carbonyl (C=O) groups excluding carboxylic acids is 2. The van der Waals surface area contributed by atoms with Gasteiger partial charge in [0.25, 0.3) is 0 Å². The molecule has 1 saturated heterocycles. The Morgan fingerprint density at radius 2 is 2.24 bits per heavy atom. The molecule has 110 valence electrons. The van der Waals surface area contributed by atoms with Crippen molar-refractivity contribution in [2.75, 3.05) is 11.9 Å². The second-order valence-corrected chi connectivity index (χ2v) is 5.74. The summed E-state index contributed by atoms with van der Waals surface area (Å²) in [4.78, 5) is 25.7. The maximum Gasteiger partial charge on any atom is 0.229 e. The number of hydrogen-bond donors (Lipinski definition) is 1. The molecule has 0 saturated carbocycles. The van der Waals surface area contributed by atoms with Crippen LogP contribution in [0.25, 0.3) is 0 Å². The highest BCUT2D eigenvalue weighted by Crippen LogP contribution is 2.24. The van der Waals surface area contributed by atoms with Crippen LogP contribution in [-0.2, 0) is 9.59 Å². The normalized spacial score (nSPS) is 18.0. The van der Waals surface area contributed by atoms with Crippen LogP contribution in [0, 0.1) is 17.2 Å². The van der Waals surface area contributed by atoms with Crippen LogP contribution in [0.5, 0.6) is 0 Å². The highest BCUT2D eigenvalue weighted by atomic mass is 35.5. The molecule has 0 spiro atoms. The third kappa shape index (κ3) is 3.34. The Morgan fingerprint density at radius 3 is 2.76 bits per heavy atom. The van der Waals surface area contributed by atoms with Crippen LogP contribution in [0.4, 0.5) is 5.69 Å². The molecule has 1 atom stereocenters. The first-order valence-corrected chi connectivity index (χ1v) is 7.10. The summed E-state index contributed by atoms with van der Waals surface area (Å²) in [6.45, 7) is 4.30. The first-order valence-electron chi connectivity index (χ1n) is 6.72. The SMILES string of the molecule is CC(C)N1C[C@H](C(=O)Nc2ccc(C#N)c(Cl)c2)CC1=O. The summed E-state index contributed by atoms with van der Waals surface area (Å²) in [7, 11) is 0. The van der Waals surface area contributed by atoms with E-state index in [-0.39, 0.29) is 30.2 Å². The van der Waals surface area contributed by atoms with Crippen molar-refractivity contribution < 1.29 is 9.59 Å². The third-order valence-corrected chi connectivity index (χ3v) is 3.82. The molecule has 1 fully saturated rings. The predicted octanol–water partition coefficient (Wildman–Crippen LogP) is 2.41. The van der Waals surface area contributed by atoms with Gasteiger partial charge in [0.1, 0.15) is 6.07 Å². The number of hydrogen-bond acceptors (Lipinski definition) is 3. The van der Waals surface area contributed by atoms with Gasteiger partial charge < -0.3 is 10.2 Å². The van der Waals surface area contributed by atoms with Crippen molar-refractivity contribution in [1.29, 1.82) is 5.26 Å². The Labute approximate surface area is 128 Å². The number of nitrogens with zero attached hydrogens (tertiary/aromatic N) is 2. The minimum absolute atomic E-state index is 0.00279. The molecule has 6 heteroatoms. The van der Waals surface area contributed by atoms with E-state index in [2.05, 4.69) is 5.32 Å². The largest absolute Gasteiger partial charge is 0.339 e. The highest BCUT2D eigenvalue weighted by molar-refractivity contribution is 6.32. The zero-order chi connectivity index (χ0) is 15.6. The summed E-state index contributed by atoms with van der Waals surface area (Å²) in [5.41, 5.74) is 0.885. The topological polar surface area (TPSA) is 73.2 Å². The zero-order valence-corrected chi connectivity index (χ0v) is 12.6. The first-order chi connectivity index (χ1) is 9.92. The number of nitrogens with one attached hydrogen (secondary N) is 1. The van der Waals surface area contributed by atoms with Crippen molar-refractivity contribution in [2.45, 2.75) is 26.3 Å². The number of carbonyl (C=O) groups is 2. The van der Waals surface area contributed by atoms with Crippen LogP contribution >= 0.6 is 11.6 Å². The lowest BCUT2D eigenvalue weighted by Gasteiger charge is -2.20. The fourth-order valence-corrected chi connectivity index (χ4v) is 2.56. The van der Waals surface area contributed by atoms with E-state index in [0.717, 1.165) is 0 Å². The van der Waals surface area contributed by atoms with Crippen molar-refractivity contribution in [2.24, 2.45) is 5.92 Å². The van der Waals surface area contributed by atoms with Crippen LogP contribution in [0.2, 0.25) is 5.02 Å². The smallest absolute Gasteiger partial charge is 0.229 e. The Hall–Kier alpha value is -2.06. The van der Waals surface area contributed by atoms with Gasteiger partial charge in [-0.25, -0.2) is 0 Å². The van der Waals surface area contributed by atoms with E-state index in [1.165, 1.54) is 6.07 Å². The van der Waals surface area contributed by atoms with Gasteiger partial charge in [-0.1, -0.05) is 11.6 Å². The van der Waals surface area contributed by atoms with Gasteiger partial charge in [0.2, 0.25) is 11.8 Å². The maximum absolute atomic E-state index is 12.2. The molecule has 0 radical (unpaired) electrons. The summed E-state index contributed by atoms with van der Waals surface area (Å²) in [5, 5.41) is 11.8. The van der Waals surface area contributed by atoms with Crippen molar-refractivity contribution in [3.63, 3.8) is 0 Å². The lowest BCUT2D eigenvalue weighted by molar-refractivity contribution is -0.129. The van der Waals surface area contributed by atoms with E-state index >= 15 is 0 Å². The molecule has 1 aliphatic heterocycles. The van der Waals surface area contributed by atoms with Gasteiger partial charge in [-0.05, 0) is 32.0 Å². The fraction of sp³-hybridized carbons (Fsp3) is 0.400. The number of likely N-dealkylation sites (tertiary alicyclic amines) is 1. The van der Waals surface area contributed by atoms with Gasteiger partial charge in [-0.3, -0.25) is 9.59 Å². The van der Waals surface area contributed by atoms with Gasteiger partial charge in [-0.15, -0.1) is 0 Å². The molecule has 1 N–H and O–H groups in total. The van der Waals surface area contributed by atoms with E-state index < -0.39 is 0 Å². The van der Waals surface area contributed by atoms with Gasteiger partial charge in [0.05, 0.1) is 16.5 Å². The Bertz CT molecular complexity index is 622. The van der Waals surface area contributed by atoms with Crippen molar-refractivity contribution in [3.8, 4) is 6.07 Å². The predicted molar refractivity (Wildman–Crippen MR) is 79.8 cm³/mol. The molecular formula is C15H16ClN3O2. The fourth-order valence-electron chi connectivity index (χ4n) is 2.33. The Kier molecular flexibility index (Phi) is 4.49. The summed E-state index contributed by atoms with van der Waals surface area (Å²) < 4.78 is 0. The zero-order valence-electron chi connectivity index (χ0n) is 11.9. The number of rotatable bonds is 3. The van der Waals surface area contributed by atoms with Crippen LogP contribution in [0.1, 0.15) is 25.8 Å². The minimum atomic E-state index is -0.352. The minimum Gasteiger partial charge on any atom is -0.339 e. The van der Waals surface area contributed by atoms with E-state index in [9.17, 15) is 9.59 Å². The average Bonchev–Trinajstić information content (AvgIpc) is 2.81. The quantitative estimate of drug-likeness (QED) is 0.932. The molecule has 0 aromatic heterocycles. The summed E-state index contributed by atoms with van der Waals surface area (Å²) in [6.07, 6.45) is 0.230. The molecule has 2 rings (SSSR count). The van der Waals surface area contributed by atoms with E-state index in [4.69, 9.17) is 16.9 Å². The molecular weight excluding hydrogens is 290 g/mol. The van der Waals surface area contributed by atoms with Gasteiger partial charge in [-0.2, -0.15) is 5.26 Å². The molecule has 1 aromatic rings. The maximum atomic E-state index is 12.2. The molecule has 0 bridgehead atoms. The van der Waals surface area contributed by atoms with Crippen molar-refractivity contribution >= 4 is 29.1 Å². The molecule has 1 aliphatic rings. The van der Waals surface area contributed by atoms with E-state index in [0.29, 0.717) is 22.8 Å². The number of amides is 2. The average molecular weight is 306 g/mol. The van der Waals surface area contributed by atoms with E-state index in [1.807, 2.05) is 19.9 Å². The van der Waals surface area contributed by atoms with Crippen molar-refractivity contribution in [1.82, 2.24) is 4.90 Å². The summed E-state index contributed by atoms with van der Waals surface area (Å²) >= 11 is 5.92. The monoisotopic (exact) mass is 305 g/mol. The van der Waals surface area contributed by atoms with Gasteiger partial charge >= 0.3 is 0 Å². The standard InChI is InChI=1S/C15H16ClN3O2/c1-9(2)19-8-11(5-14(19)20)15(21)18-12-4-3-10(7-17)13(16)6-12/h3-4,6,9,11H,5,8H2,1-2H3,(H,18,21)/t11-/m1/s1. The molecule has 0 unspecified atom stereocenters. The summed E-state index contributed by atoms with van der Waals surface area (Å²) in [6, 6.07) is 6.77. The van der Waals surface area contributed by atoms with Crippen LogP contribution in [0.3, 0.4) is 0 Å². The number of halogens is 1. The van der Waals surface area contributed by atoms with E-state index in [1.54, 1.807) is 17.0 Å². The lowest BCUT2D eigenvalue weighted by Crippen LogP contribution is -2.33. The molecule has 5 nitrogen and oxygen atoms in total. The molecule has 2 amide bonds. The molecule has 1 aromatic carbocycles. The van der Waals surface area contributed by atoms with Crippen LogP contribution < -0.4 is 5.32 Å². The number of anilines is 1. The van der Waals surface area contributed by atoms with Crippen LogP contribution in [-0.4, -0.2) is 29.3 Å². The first kappa shape index (κ1) is 15.3. The number of nitriles is 1. The second kappa shape index (κ2) is 6.15. The summed E-state index contributed by atoms with van der Waals surface area (Å²) in [5.74, 6) is -0.551. The Balaban J connectivity index is 2.04. The second-order valence-electron chi connectivity index (χ2n) is 5.34. The van der Waals surface area contributed by atoms with Crippen LogP contribution in [0.15, 0.2) is 18.2 Å². The number of benzene rings is 1. The molecule has 0 aliphatic carbocycles. The Morgan fingerprint density at radius 1 is 1.52 bits per heavy atom.